The lowest BCUT2D eigenvalue weighted by Gasteiger charge is -2.23. The number of rotatable bonds is 6. The number of anilines is 1. The van der Waals surface area contributed by atoms with Crippen LogP contribution in [0.4, 0.5) is 15.8 Å². The molecule has 0 atom stereocenters. The fourth-order valence-corrected chi connectivity index (χ4v) is 3.12. The van der Waals surface area contributed by atoms with E-state index < -0.39 is 4.92 Å². The second kappa shape index (κ2) is 8.62. The number of halogens is 1. The number of ether oxygens (including phenoxy) is 1. The van der Waals surface area contributed by atoms with Gasteiger partial charge < -0.3 is 9.64 Å². The molecule has 1 aliphatic heterocycles. The first kappa shape index (κ1) is 18.1. The van der Waals surface area contributed by atoms with Crippen LogP contribution in [0.3, 0.4) is 0 Å². The highest BCUT2D eigenvalue weighted by atomic mass is 19.1. The van der Waals surface area contributed by atoms with Crippen LogP contribution in [0.5, 0.6) is 5.75 Å². The normalized spacial score (nSPS) is 15.5. The summed E-state index contributed by atoms with van der Waals surface area (Å²) in [6.45, 7) is 4.71. The Kier molecular flexibility index (Phi) is 6.01. The molecule has 1 saturated heterocycles. The minimum Gasteiger partial charge on any atom is -0.485 e. The molecule has 0 bridgehead atoms. The maximum Gasteiger partial charge on any atom is 0.310 e. The highest BCUT2D eigenvalue weighted by Crippen LogP contribution is 2.25. The van der Waals surface area contributed by atoms with E-state index in [9.17, 15) is 14.5 Å². The second-order valence-corrected chi connectivity index (χ2v) is 6.23. The van der Waals surface area contributed by atoms with Gasteiger partial charge in [0, 0.05) is 44.5 Å². The zero-order chi connectivity index (χ0) is 18.4. The van der Waals surface area contributed by atoms with Gasteiger partial charge in [-0.25, -0.2) is 4.39 Å². The van der Waals surface area contributed by atoms with Crippen LogP contribution in [-0.4, -0.2) is 49.2 Å². The summed E-state index contributed by atoms with van der Waals surface area (Å²) in [5, 5.41) is 11.0. The second-order valence-electron chi connectivity index (χ2n) is 6.23. The van der Waals surface area contributed by atoms with Gasteiger partial charge in [-0.15, -0.1) is 0 Å². The van der Waals surface area contributed by atoms with Crippen LogP contribution in [0.2, 0.25) is 0 Å². The summed E-state index contributed by atoms with van der Waals surface area (Å²) >= 11 is 0. The van der Waals surface area contributed by atoms with E-state index >= 15 is 0 Å². The van der Waals surface area contributed by atoms with Crippen LogP contribution in [0.1, 0.15) is 6.42 Å². The van der Waals surface area contributed by atoms with Crippen LogP contribution in [0.15, 0.2) is 48.5 Å². The van der Waals surface area contributed by atoms with E-state index in [2.05, 4.69) is 9.80 Å². The van der Waals surface area contributed by atoms with Gasteiger partial charge in [0.25, 0.3) is 0 Å². The standard InChI is InChI=1S/C19H22FN3O3/c20-16-6-8-17(9-7-16)22-11-3-10-21(12-13-22)14-15-26-19-5-2-1-4-18(19)23(24)25/h1-2,4-9H,3,10-15H2. The quantitative estimate of drug-likeness (QED) is 0.585. The number of nitro groups is 1. The molecule has 26 heavy (non-hydrogen) atoms. The summed E-state index contributed by atoms with van der Waals surface area (Å²) in [6, 6.07) is 13.0. The van der Waals surface area contributed by atoms with E-state index in [4.69, 9.17) is 4.74 Å². The lowest BCUT2D eigenvalue weighted by molar-refractivity contribution is -0.385. The number of para-hydroxylation sites is 2. The van der Waals surface area contributed by atoms with E-state index in [1.165, 1.54) is 18.2 Å². The summed E-state index contributed by atoms with van der Waals surface area (Å²) in [6.07, 6.45) is 1.00. The lowest BCUT2D eigenvalue weighted by Crippen LogP contribution is -2.33. The van der Waals surface area contributed by atoms with Crippen molar-refractivity contribution in [3.8, 4) is 5.75 Å². The Hall–Kier alpha value is -2.67. The molecule has 3 rings (SSSR count). The van der Waals surface area contributed by atoms with Crippen LogP contribution in [0.25, 0.3) is 0 Å². The van der Waals surface area contributed by atoms with Gasteiger partial charge in [0.05, 0.1) is 4.92 Å². The Labute approximate surface area is 151 Å². The molecular formula is C19H22FN3O3. The molecule has 7 heteroatoms. The first-order chi connectivity index (χ1) is 12.6. The van der Waals surface area contributed by atoms with E-state index in [0.29, 0.717) is 18.9 Å². The van der Waals surface area contributed by atoms with Crippen LogP contribution < -0.4 is 9.64 Å². The molecule has 2 aromatic carbocycles. The third-order valence-electron chi connectivity index (χ3n) is 4.51. The van der Waals surface area contributed by atoms with E-state index in [0.717, 1.165) is 38.3 Å². The molecule has 0 amide bonds. The van der Waals surface area contributed by atoms with Crippen molar-refractivity contribution in [3.63, 3.8) is 0 Å². The first-order valence-electron chi connectivity index (χ1n) is 8.72. The summed E-state index contributed by atoms with van der Waals surface area (Å²) < 4.78 is 18.7. The molecule has 2 aromatic rings. The van der Waals surface area contributed by atoms with E-state index in [-0.39, 0.29) is 11.5 Å². The third-order valence-corrected chi connectivity index (χ3v) is 4.51. The van der Waals surface area contributed by atoms with E-state index in [1.54, 1.807) is 18.2 Å². The zero-order valence-corrected chi connectivity index (χ0v) is 14.5. The largest absolute Gasteiger partial charge is 0.485 e. The van der Waals surface area contributed by atoms with Crippen molar-refractivity contribution in [1.82, 2.24) is 4.90 Å². The molecule has 0 spiro atoms. The zero-order valence-electron chi connectivity index (χ0n) is 14.5. The Morgan fingerprint density at radius 1 is 1.04 bits per heavy atom. The smallest absolute Gasteiger partial charge is 0.310 e. The molecule has 0 aromatic heterocycles. The predicted molar refractivity (Wildman–Crippen MR) is 98.3 cm³/mol. The molecule has 0 N–H and O–H groups in total. The van der Waals surface area contributed by atoms with Crippen molar-refractivity contribution < 1.29 is 14.1 Å². The van der Waals surface area contributed by atoms with Crippen molar-refractivity contribution in [3.05, 3.63) is 64.5 Å². The van der Waals surface area contributed by atoms with Crippen molar-refractivity contribution in [2.45, 2.75) is 6.42 Å². The number of nitrogens with zero attached hydrogens (tertiary/aromatic N) is 3. The van der Waals surface area contributed by atoms with Gasteiger partial charge in [-0.2, -0.15) is 0 Å². The first-order valence-corrected chi connectivity index (χ1v) is 8.72. The monoisotopic (exact) mass is 359 g/mol. The van der Waals surface area contributed by atoms with E-state index in [1.807, 2.05) is 12.1 Å². The molecule has 0 aliphatic carbocycles. The Morgan fingerprint density at radius 2 is 1.81 bits per heavy atom. The fourth-order valence-electron chi connectivity index (χ4n) is 3.12. The molecule has 1 fully saturated rings. The minimum atomic E-state index is -0.429. The highest BCUT2D eigenvalue weighted by molar-refractivity contribution is 5.46. The number of benzene rings is 2. The third kappa shape index (κ3) is 4.70. The minimum absolute atomic E-state index is 0.00847. The summed E-state index contributed by atoms with van der Waals surface area (Å²) in [7, 11) is 0. The van der Waals surface area contributed by atoms with Crippen LogP contribution >= 0.6 is 0 Å². The number of hydrogen-bond donors (Lipinski definition) is 0. The van der Waals surface area contributed by atoms with Gasteiger partial charge in [0.2, 0.25) is 0 Å². The molecule has 0 unspecified atom stereocenters. The van der Waals surface area contributed by atoms with Crippen molar-refractivity contribution in [1.29, 1.82) is 0 Å². The van der Waals surface area contributed by atoms with Gasteiger partial charge >= 0.3 is 5.69 Å². The summed E-state index contributed by atoms with van der Waals surface area (Å²) in [5.74, 6) is 0.0811. The Bertz CT molecular complexity index is 739. The number of nitro benzene ring substituents is 1. The average Bonchev–Trinajstić information content (AvgIpc) is 2.88. The molecule has 0 radical (unpaired) electrons. The molecular weight excluding hydrogens is 337 g/mol. The van der Waals surface area contributed by atoms with Gasteiger partial charge in [-0.1, -0.05) is 12.1 Å². The maximum atomic E-state index is 13.1. The molecule has 6 nitrogen and oxygen atoms in total. The molecule has 1 heterocycles. The van der Waals surface area contributed by atoms with Crippen LogP contribution in [-0.2, 0) is 0 Å². The van der Waals surface area contributed by atoms with Gasteiger partial charge in [0.1, 0.15) is 12.4 Å². The highest BCUT2D eigenvalue weighted by Gasteiger charge is 2.17. The SMILES string of the molecule is O=[N+]([O-])c1ccccc1OCCN1CCCN(c2ccc(F)cc2)CC1. The van der Waals surface area contributed by atoms with Crippen LogP contribution in [0, 0.1) is 15.9 Å². The van der Waals surface area contributed by atoms with Crippen molar-refractivity contribution >= 4 is 11.4 Å². The van der Waals surface area contributed by atoms with Crippen molar-refractivity contribution in [2.24, 2.45) is 0 Å². The molecule has 1 aliphatic rings. The lowest BCUT2D eigenvalue weighted by atomic mass is 10.2. The van der Waals surface area contributed by atoms with Gasteiger partial charge in [0.15, 0.2) is 5.75 Å². The summed E-state index contributed by atoms with van der Waals surface area (Å²) in [5.41, 5.74) is 1.02. The molecule has 0 saturated carbocycles. The van der Waals surface area contributed by atoms with Crippen molar-refractivity contribution in [2.75, 3.05) is 44.2 Å². The van der Waals surface area contributed by atoms with Gasteiger partial charge in [-0.05, 0) is 36.8 Å². The predicted octanol–water partition coefficient (Wildman–Crippen LogP) is 3.33. The maximum absolute atomic E-state index is 13.1. The summed E-state index contributed by atoms with van der Waals surface area (Å²) in [4.78, 5) is 15.1. The fraction of sp³-hybridized carbons (Fsp3) is 0.368. The topological polar surface area (TPSA) is 58.9 Å². The molecule has 138 valence electrons. The van der Waals surface area contributed by atoms with Gasteiger partial charge in [-0.3, -0.25) is 15.0 Å². The Balaban J connectivity index is 1.49. The Morgan fingerprint density at radius 3 is 2.58 bits per heavy atom. The number of hydrogen-bond acceptors (Lipinski definition) is 5. The average molecular weight is 359 g/mol.